The van der Waals surface area contributed by atoms with Crippen molar-refractivity contribution < 1.29 is 19.1 Å². The van der Waals surface area contributed by atoms with Crippen LogP contribution in [0.2, 0.25) is 5.02 Å². The van der Waals surface area contributed by atoms with Gasteiger partial charge in [-0.3, -0.25) is 4.79 Å². The molecule has 7 heteroatoms. The molecule has 0 saturated heterocycles. The van der Waals surface area contributed by atoms with E-state index < -0.39 is 17.8 Å². The second-order valence-corrected chi connectivity index (χ2v) is 4.39. The van der Waals surface area contributed by atoms with Gasteiger partial charge < -0.3 is 15.3 Å². The number of nitrogens with zero attached hydrogens (tertiary/aromatic N) is 1. The first-order chi connectivity index (χ1) is 8.90. The summed E-state index contributed by atoms with van der Waals surface area (Å²) in [4.78, 5) is 23.2. The van der Waals surface area contributed by atoms with E-state index in [1.54, 1.807) is 6.07 Å². The molecule has 0 radical (unpaired) electrons. The molecule has 5 nitrogen and oxygen atoms in total. The van der Waals surface area contributed by atoms with Crippen molar-refractivity contribution >= 4 is 23.6 Å². The predicted molar refractivity (Wildman–Crippen MR) is 68.5 cm³/mol. The molecular formula is C12H14ClFN2O3. The lowest BCUT2D eigenvalue weighted by Gasteiger charge is -2.17. The Hall–Kier alpha value is -1.82. The fraction of sp³-hybridized carbons (Fsp3) is 0.333. The third-order valence-electron chi connectivity index (χ3n) is 2.37. The topological polar surface area (TPSA) is 69.6 Å². The highest BCUT2D eigenvalue weighted by atomic mass is 35.5. The first-order valence-corrected chi connectivity index (χ1v) is 5.92. The number of hydrogen-bond donors (Lipinski definition) is 2. The van der Waals surface area contributed by atoms with Gasteiger partial charge in [-0.15, -0.1) is 0 Å². The summed E-state index contributed by atoms with van der Waals surface area (Å²) in [7, 11) is 1.53. The Labute approximate surface area is 115 Å². The number of halogens is 2. The number of carbonyl (C=O) groups excluding carboxylic acids is 1. The van der Waals surface area contributed by atoms with Gasteiger partial charge in [0.2, 0.25) is 0 Å². The number of rotatable bonds is 5. The van der Waals surface area contributed by atoms with Gasteiger partial charge in [0.05, 0.1) is 11.4 Å². The summed E-state index contributed by atoms with van der Waals surface area (Å²) in [5.74, 6) is -1.53. The lowest BCUT2D eigenvalue weighted by Crippen LogP contribution is -2.37. The number of carboxylic acids is 1. The van der Waals surface area contributed by atoms with Crippen LogP contribution in [0, 0.1) is 5.82 Å². The molecule has 0 aromatic heterocycles. The molecule has 0 atom stereocenters. The molecule has 0 heterocycles. The smallest absolute Gasteiger partial charge is 0.317 e. The molecule has 0 spiro atoms. The summed E-state index contributed by atoms with van der Waals surface area (Å²) in [6.07, 6.45) is -0.144. The average molecular weight is 289 g/mol. The predicted octanol–water partition coefficient (Wildman–Crippen LogP) is 2.10. The van der Waals surface area contributed by atoms with E-state index in [1.807, 2.05) is 0 Å². The van der Waals surface area contributed by atoms with E-state index in [1.165, 1.54) is 24.1 Å². The van der Waals surface area contributed by atoms with E-state index in [-0.39, 0.29) is 24.5 Å². The first-order valence-electron chi connectivity index (χ1n) is 5.55. The summed E-state index contributed by atoms with van der Waals surface area (Å²) in [6, 6.07) is 3.87. The molecule has 0 aliphatic heterocycles. The molecule has 1 aromatic rings. The minimum Gasteiger partial charge on any atom is -0.481 e. The molecule has 0 fully saturated rings. The van der Waals surface area contributed by atoms with Gasteiger partial charge in [-0.2, -0.15) is 0 Å². The molecule has 1 rings (SSSR count). The van der Waals surface area contributed by atoms with Crippen molar-refractivity contribution in [2.24, 2.45) is 0 Å². The Balaban J connectivity index is 2.49. The zero-order valence-electron chi connectivity index (χ0n) is 10.3. The van der Waals surface area contributed by atoms with Crippen LogP contribution in [0.1, 0.15) is 12.0 Å². The summed E-state index contributed by atoms with van der Waals surface area (Å²) in [6.45, 7) is 0.250. The molecule has 2 N–H and O–H groups in total. The van der Waals surface area contributed by atoms with Gasteiger partial charge in [0.15, 0.2) is 0 Å². The maximum Gasteiger partial charge on any atom is 0.317 e. The van der Waals surface area contributed by atoms with Crippen molar-refractivity contribution in [1.29, 1.82) is 0 Å². The quantitative estimate of drug-likeness (QED) is 0.872. The van der Waals surface area contributed by atoms with E-state index in [9.17, 15) is 14.0 Å². The van der Waals surface area contributed by atoms with Crippen LogP contribution in [0.25, 0.3) is 0 Å². The lowest BCUT2D eigenvalue weighted by atomic mass is 10.2. The van der Waals surface area contributed by atoms with E-state index in [0.717, 1.165) is 0 Å². The highest BCUT2D eigenvalue weighted by Crippen LogP contribution is 2.16. The number of hydrogen-bond acceptors (Lipinski definition) is 2. The third kappa shape index (κ3) is 5.13. The Morgan fingerprint density at radius 2 is 2.16 bits per heavy atom. The summed E-state index contributed by atoms with van der Waals surface area (Å²) >= 11 is 5.55. The van der Waals surface area contributed by atoms with Crippen LogP contribution in [-0.4, -0.2) is 35.6 Å². The number of nitrogens with one attached hydrogen (secondary N) is 1. The van der Waals surface area contributed by atoms with Crippen molar-refractivity contribution in [3.05, 3.63) is 34.6 Å². The molecule has 0 bridgehead atoms. The number of carboxylic acid groups (broad SMARTS) is 1. The van der Waals surface area contributed by atoms with Crippen molar-refractivity contribution in [1.82, 2.24) is 10.2 Å². The summed E-state index contributed by atoms with van der Waals surface area (Å²) in [5, 5.41) is 10.9. The normalized spacial score (nSPS) is 10.1. The standard InChI is InChI=1S/C12H14ClFN2O3/c1-16(12(19)15-5-4-11(17)18)7-8-2-3-9(13)10(14)6-8/h2-3,6H,4-5,7H2,1H3,(H,15,19)(H,17,18). The minimum absolute atomic E-state index is 0.0253. The second-order valence-electron chi connectivity index (χ2n) is 3.98. The molecule has 0 saturated carbocycles. The van der Waals surface area contributed by atoms with Crippen molar-refractivity contribution in [2.45, 2.75) is 13.0 Å². The van der Waals surface area contributed by atoms with Crippen LogP contribution in [0.15, 0.2) is 18.2 Å². The van der Waals surface area contributed by atoms with Crippen LogP contribution in [0.4, 0.5) is 9.18 Å². The highest BCUT2D eigenvalue weighted by Gasteiger charge is 2.10. The van der Waals surface area contributed by atoms with Crippen molar-refractivity contribution in [3.63, 3.8) is 0 Å². The zero-order valence-corrected chi connectivity index (χ0v) is 11.1. The number of benzene rings is 1. The van der Waals surface area contributed by atoms with Crippen LogP contribution >= 0.6 is 11.6 Å². The minimum atomic E-state index is -0.984. The van der Waals surface area contributed by atoms with Gasteiger partial charge in [0.1, 0.15) is 5.82 Å². The molecule has 1 aromatic carbocycles. The maximum atomic E-state index is 13.2. The second kappa shape index (κ2) is 6.94. The number of aliphatic carboxylic acids is 1. The summed E-state index contributed by atoms with van der Waals surface area (Å²) in [5.41, 5.74) is 0.595. The van der Waals surface area contributed by atoms with E-state index >= 15 is 0 Å². The SMILES string of the molecule is CN(Cc1ccc(Cl)c(F)c1)C(=O)NCCC(=O)O. The largest absolute Gasteiger partial charge is 0.481 e. The molecule has 0 aliphatic carbocycles. The van der Waals surface area contributed by atoms with Gasteiger partial charge in [-0.05, 0) is 17.7 Å². The van der Waals surface area contributed by atoms with E-state index in [0.29, 0.717) is 5.56 Å². The van der Waals surface area contributed by atoms with Crippen LogP contribution in [-0.2, 0) is 11.3 Å². The highest BCUT2D eigenvalue weighted by molar-refractivity contribution is 6.30. The lowest BCUT2D eigenvalue weighted by molar-refractivity contribution is -0.136. The number of amides is 2. The van der Waals surface area contributed by atoms with E-state index in [2.05, 4.69) is 5.32 Å². The molecule has 0 aliphatic rings. The first kappa shape index (κ1) is 15.2. The Bertz CT molecular complexity index is 482. The number of urea groups is 1. The average Bonchev–Trinajstić information content (AvgIpc) is 2.33. The van der Waals surface area contributed by atoms with Gasteiger partial charge in [-0.1, -0.05) is 17.7 Å². The van der Waals surface area contributed by atoms with Gasteiger partial charge >= 0.3 is 12.0 Å². The Kier molecular flexibility index (Phi) is 5.57. The molecule has 104 valence electrons. The van der Waals surface area contributed by atoms with Crippen molar-refractivity contribution in [3.8, 4) is 0 Å². The monoisotopic (exact) mass is 288 g/mol. The molecule has 2 amide bonds. The molecule has 19 heavy (non-hydrogen) atoms. The fourth-order valence-electron chi connectivity index (χ4n) is 1.39. The van der Waals surface area contributed by atoms with Gasteiger partial charge in [0.25, 0.3) is 0 Å². The van der Waals surface area contributed by atoms with Crippen LogP contribution < -0.4 is 5.32 Å². The molecular weight excluding hydrogens is 275 g/mol. The molecule has 0 unspecified atom stereocenters. The van der Waals surface area contributed by atoms with Crippen LogP contribution in [0.3, 0.4) is 0 Å². The maximum absolute atomic E-state index is 13.2. The van der Waals surface area contributed by atoms with Crippen molar-refractivity contribution in [2.75, 3.05) is 13.6 Å². The van der Waals surface area contributed by atoms with Crippen LogP contribution in [0.5, 0.6) is 0 Å². The fourth-order valence-corrected chi connectivity index (χ4v) is 1.51. The summed E-state index contributed by atoms with van der Waals surface area (Å²) < 4.78 is 13.2. The number of carbonyl (C=O) groups is 2. The van der Waals surface area contributed by atoms with Gasteiger partial charge in [0, 0.05) is 20.1 Å². The Morgan fingerprint density at radius 3 is 2.74 bits per heavy atom. The van der Waals surface area contributed by atoms with E-state index in [4.69, 9.17) is 16.7 Å². The van der Waals surface area contributed by atoms with Gasteiger partial charge in [-0.25, -0.2) is 9.18 Å². The zero-order chi connectivity index (χ0) is 14.4. The Morgan fingerprint density at radius 1 is 1.47 bits per heavy atom. The third-order valence-corrected chi connectivity index (χ3v) is 2.67.